The Morgan fingerprint density at radius 2 is 2.07 bits per heavy atom. The number of esters is 1. The van der Waals surface area contributed by atoms with Crippen molar-refractivity contribution in [3.05, 3.63) is 30.1 Å². The molecule has 14 heavy (non-hydrogen) atoms. The number of hydrogen-bond acceptors (Lipinski definition) is 5. The fourth-order valence-corrected chi connectivity index (χ4v) is 0.802. The summed E-state index contributed by atoms with van der Waals surface area (Å²) in [6.45, 7) is 0.431. The maximum Gasteiger partial charge on any atom is 0.338 e. The molecule has 1 heterocycles. The van der Waals surface area contributed by atoms with Crippen LogP contribution in [0.15, 0.2) is 24.5 Å². The zero-order valence-electron chi connectivity index (χ0n) is 7.38. The van der Waals surface area contributed by atoms with Crippen molar-refractivity contribution < 1.29 is 19.1 Å². The van der Waals surface area contributed by atoms with Gasteiger partial charge in [0.05, 0.1) is 5.56 Å². The second-order valence-electron chi connectivity index (χ2n) is 2.34. The van der Waals surface area contributed by atoms with Gasteiger partial charge in [0, 0.05) is 12.4 Å². The van der Waals surface area contributed by atoms with Crippen molar-refractivity contribution in [1.82, 2.24) is 4.98 Å². The quantitative estimate of drug-likeness (QED) is 0.387. The largest absolute Gasteiger partial charge is 0.464 e. The maximum atomic E-state index is 11.2. The minimum atomic E-state index is -0.457. The zero-order chi connectivity index (χ0) is 10.2. The van der Waals surface area contributed by atoms with Crippen molar-refractivity contribution in [1.29, 1.82) is 0 Å². The molecule has 5 heteroatoms. The maximum absolute atomic E-state index is 11.2. The Bertz CT molecular complexity index is 299. The summed E-state index contributed by atoms with van der Waals surface area (Å²) in [5.74, 6) is -0.457. The first-order valence-corrected chi connectivity index (χ1v) is 3.97. The number of carbonyl (C=O) groups is 2. The molecule has 1 aromatic heterocycles. The molecule has 5 nitrogen and oxygen atoms in total. The average Bonchev–Trinajstić information content (AvgIpc) is 2.25. The summed E-state index contributed by atoms with van der Waals surface area (Å²) in [5.41, 5.74) is 0.422. The highest BCUT2D eigenvalue weighted by Crippen LogP contribution is 1.98. The molecule has 0 saturated heterocycles. The molecule has 0 radical (unpaired) electrons. The molecule has 1 rings (SSSR count). The number of pyridine rings is 1. The Morgan fingerprint density at radius 1 is 1.36 bits per heavy atom. The zero-order valence-corrected chi connectivity index (χ0v) is 7.38. The highest BCUT2D eigenvalue weighted by molar-refractivity contribution is 5.89. The van der Waals surface area contributed by atoms with E-state index in [9.17, 15) is 9.59 Å². The van der Waals surface area contributed by atoms with E-state index in [0.717, 1.165) is 0 Å². The van der Waals surface area contributed by atoms with Crippen molar-refractivity contribution in [2.24, 2.45) is 0 Å². The minimum Gasteiger partial charge on any atom is -0.464 e. The Morgan fingerprint density at radius 3 is 2.71 bits per heavy atom. The molecule has 0 amide bonds. The first-order chi connectivity index (χ1) is 6.84. The van der Waals surface area contributed by atoms with Crippen LogP contribution in [0, 0.1) is 0 Å². The second-order valence-corrected chi connectivity index (χ2v) is 2.34. The van der Waals surface area contributed by atoms with Crippen LogP contribution in [0.2, 0.25) is 0 Å². The van der Waals surface area contributed by atoms with Gasteiger partial charge in [-0.1, -0.05) is 0 Å². The Kier molecular flexibility index (Phi) is 4.13. The fourth-order valence-electron chi connectivity index (χ4n) is 0.802. The van der Waals surface area contributed by atoms with Crippen LogP contribution in [-0.4, -0.2) is 30.6 Å². The highest BCUT2D eigenvalue weighted by Gasteiger charge is 2.04. The lowest BCUT2D eigenvalue weighted by molar-refractivity contribution is -0.129. The summed E-state index contributed by atoms with van der Waals surface area (Å²) >= 11 is 0. The predicted molar refractivity (Wildman–Crippen MR) is 46.5 cm³/mol. The molecule has 0 N–H and O–H groups in total. The van der Waals surface area contributed by atoms with Gasteiger partial charge in [0.2, 0.25) is 0 Å². The smallest absolute Gasteiger partial charge is 0.338 e. The van der Waals surface area contributed by atoms with E-state index in [1.54, 1.807) is 12.1 Å². The van der Waals surface area contributed by atoms with E-state index in [2.05, 4.69) is 9.72 Å². The molecule has 0 saturated carbocycles. The topological polar surface area (TPSA) is 65.5 Å². The Hall–Kier alpha value is -1.91. The van der Waals surface area contributed by atoms with Gasteiger partial charge in [0.1, 0.15) is 13.2 Å². The summed E-state index contributed by atoms with van der Waals surface area (Å²) < 4.78 is 9.13. The number of carbonyl (C=O) groups excluding carboxylic acids is 2. The van der Waals surface area contributed by atoms with Crippen LogP contribution in [0.5, 0.6) is 0 Å². The molecule has 0 spiro atoms. The number of hydrogen-bond donors (Lipinski definition) is 0. The van der Waals surface area contributed by atoms with Crippen molar-refractivity contribution in [3.8, 4) is 0 Å². The van der Waals surface area contributed by atoms with E-state index in [1.807, 2.05) is 0 Å². The molecule has 74 valence electrons. The van der Waals surface area contributed by atoms with E-state index in [4.69, 9.17) is 4.74 Å². The van der Waals surface area contributed by atoms with Gasteiger partial charge >= 0.3 is 5.97 Å². The summed E-state index contributed by atoms with van der Waals surface area (Å²) in [6.07, 6.45) is 3.00. The standard InChI is InChI=1S/C9H9NO4/c11-7-13-5-6-14-9(12)8-1-3-10-4-2-8/h1-4,7H,5-6H2. The lowest BCUT2D eigenvalue weighted by atomic mass is 10.3. The van der Waals surface area contributed by atoms with Crippen LogP contribution in [0.3, 0.4) is 0 Å². The average molecular weight is 195 g/mol. The van der Waals surface area contributed by atoms with E-state index < -0.39 is 5.97 Å². The fraction of sp³-hybridized carbons (Fsp3) is 0.222. The monoisotopic (exact) mass is 195 g/mol. The van der Waals surface area contributed by atoms with Crippen molar-refractivity contribution in [2.45, 2.75) is 0 Å². The van der Waals surface area contributed by atoms with Gasteiger partial charge in [-0.3, -0.25) is 9.78 Å². The number of nitrogens with zero attached hydrogens (tertiary/aromatic N) is 1. The Balaban J connectivity index is 2.32. The van der Waals surface area contributed by atoms with Crippen LogP contribution in [0.1, 0.15) is 10.4 Å². The third-order valence-electron chi connectivity index (χ3n) is 1.42. The van der Waals surface area contributed by atoms with Crippen molar-refractivity contribution in [2.75, 3.05) is 13.2 Å². The summed E-state index contributed by atoms with van der Waals surface area (Å²) in [4.78, 5) is 24.7. The molecular formula is C9H9NO4. The third kappa shape index (κ3) is 3.22. The van der Waals surface area contributed by atoms with E-state index in [1.165, 1.54) is 12.4 Å². The Labute approximate surface area is 80.7 Å². The lowest BCUT2D eigenvalue weighted by Gasteiger charge is -2.02. The molecule has 0 aliphatic rings. The SMILES string of the molecule is O=COCCOC(=O)c1ccncc1. The van der Waals surface area contributed by atoms with Crippen LogP contribution in [-0.2, 0) is 14.3 Å². The molecule has 0 atom stereocenters. The normalized spacial score (nSPS) is 9.14. The van der Waals surface area contributed by atoms with Gasteiger partial charge < -0.3 is 9.47 Å². The van der Waals surface area contributed by atoms with Gasteiger partial charge in [-0.05, 0) is 12.1 Å². The van der Waals surface area contributed by atoms with Crippen LogP contribution >= 0.6 is 0 Å². The first-order valence-electron chi connectivity index (χ1n) is 3.97. The molecular weight excluding hydrogens is 186 g/mol. The van der Waals surface area contributed by atoms with E-state index in [0.29, 0.717) is 12.0 Å². The highest BCUT2D eigenvalue weighted by atomic mass is 16.6. The first kappa shape index (κ1) is 10.2. The summed E-state index contributed by atoms with van der Waals surface area (Å²) in [6, 6.07) is 3.09. The van der Waals surface area contributed by atoms with Gasteiger partial charge in [-0.25, -0.2) is 4.79 Å². The molecule has 0 bridgehead atoms. The van der Waals surface area contributed by atoms with Crippen LogP contribution in [0.25, 0.3) is 0 Å². The van der Waals surface area contributed by atoms with Gasteiger partial charge in [-0.2, -0.15) is 0 Å². The number of ether oxygens (including phenoxy) is 2. The van der Waals surface area contributed by atoms with E-state index in [-0.39, 0.29) is 13.2 Å². The van der Waals surface area contributed by atoms with Crippen LogP contribution in [0.4, 0.5) is 0 Å². The molecule has 1 aromatic rings. The molecule has 0 aliphatic heterocycles. The van der Waals surface area contributed by atoms with Gasteiger partial charge in [0.25, 0.3) is 6.47 Å². The summed E-state index contributed by atoms with van der Waals surface area (Å²) in [5, 5.41) is 0. The van der Waals surface area contributed by atoms with Crippen LogP contribution < -0.4 is 0 Å². The minimum absolute atomic E-state index is 0.0555. The predicted octanol–water partition coefficient (Wildman–Crippen LogP) is 0.411. The second kappa shape index (κ2) is 5.69. The number of aromatic nitrogens is 1. The van der Waals surface area contributed by atoms with E-state index >= 15 is 0 Å². The lowest BCUT2D eigenvalue weighted by Crippen LogP contribution is -2.10. The molecule has 0 fully saturated rings. The molecule has 0 unspecified atom stereocenters. The van der Waals surface area contributed by atoms with Crippen molar-refractivity contribution >= 4 is 12.4 Å². The van der Waals surface area contributed by atoms with Crippen molar-refractivity contribution in [3.63, 3.8) is 0 Å². The molecule has 0 aromatic carbocycles. The third-order valence-corrected chi connectivity index (χ3v) is 1.42. The van der Waals surface area contributed by atoms with Gasteiger partial charge in [0.15, 0.2) is 0 Å². The molecule has 0 aliphatic carbocycles. The van der Waals surface area contributed by atoms with Gasteiger partial charge in [-0.15, -0.1) is 0 Å². The summed E-state index contributed by atoms with van der Waals surface area (Å²) in [7, 11) is 0. The number of rotatable bonds is 5.